The van der Waals surface area contributed by atoms with Crippen LogP contribution in [0.4, 0.5) is 0 Å². The molecular weight excluding hydrogens is 368 g/mol. The van der Waals surface area contributed by atoms with Gasteiger partial charge in [0.2, 0.25) is 5.91 Å². The topological polar surface area (TPSA) is 49.4 Å². The highest BCUT2D eigenvalue weighted by Crippen LogP contribution is 2.26. The largest absolute Gasteiger partial charge is 0.345 e. The van der Waals surface area contributed by atoms with Crippen molar-refractivity contribution in [3.8, 4) is 0 Å². The van der Waals surface area contributed by atoms with Gasteiger partial charge in [0.15, 0.2) is 0 Å². The summed E-state index contributed by atoms with van der Waals surface area (Å²) < 4.78 is 0. The van der Waals surface area contributed by atoms with Gasteiger partial charge in [-0.05, 0) is 43.7 Å². The summed E-state index contributed by atoms with van der Waals surface area (Å²) in [7, 11) is 0. The molecule has 1 fully saturated rings. The average molecular weight is 389 g/mol. The number of nitrogens with zero attached hydrogens (tertiary/aromatic N) is 1. The van der Waals surface area contributed by atoms with Crippen LogP contribution in [0, 0.1) is 0 Å². The fourth-order valence-corrected chi connectivity index (χ4v) is 4.22. The molecule has 1 atom stereocenters. The molecule has 2 aromatic rings. The van der Waals surface area contributed by atoms with E-state index in [2.05, 4.69) is 5.32 Å². The zero-order chi connectivity index (χ0) is 18.7. The van der Waals surface area contributed by atoms with Crippen LogP contribution >= 0.6 is 23.4 Å². The third-order valence-corrected chi connectivity index (χ3v) is 5.73. The number of nitrogens with one attached hydrogen (secondary N) is 1. The van der Waals surface area contributed by atoms with Crippen molar-refractivity contribution in [2.24, 2.45) is 0 Å². The van der Waals surface area contributed by atoms with Gasteiger partial charge in [-0.2, -0.15) is 0 Å². The number of carbonyl (C=O) groups is 2. The summed E-state index contributed by atoms with van der Waals surface area (Å²) in [6.45, 7) is 3.89. The second-order valence-electron chi connectivity index (χ2n) is 6.78. The molecule has 1 aliphatic rings. The normalized spacial score (nSPS) is 17.2. The van der Waals surface area contributed by atoms with Crippen molar-refractivity contribution in [1.29, 1.82) is 0 Å². The molecular formula is C20H21ClN2O2S. The maximum absolute atomic E-state index is 12.9. The summed E-state index contributed by atoms with van der Waals surface area (Å²) in [6, 6.07) is 16.0. The number of benzene rings is 2. The summed E-state index contributed by atoms with van der Waals surface area (Å²) in [5, 5.41) is 3.74. The Kier molecular flexibility index (Phi) is 5.58. The molecule has 2 aromatic carbocycles. The Balaban J connectivity index is 1.74. The van der Waals surface area contributed by atoms with Crippen LogP contribution in [0.25, 0.3) is 0 Å². The maximum Gasteiger partial charge on any atom is 0.255 e. The molecule has 3 rings (SSSR count). The number of amides is 2. The number of rotatable bonds is 4. The smallest absolute Gasteiger partial charge is 0.255 e. The van der Waals surface area contributed by atoms with Crippen LogP contribution in [-0.4, -0.2) is 34.4 Å². The summed E-state index contributed by atoms with van der Waals surface area (Å²) in [5.74, 6) is 0.869. The van der Waals surface area contributed by atoms with Gasteiger partial charge in [0.25, 0.3) is 5.91 Å². The molecule has 0 radical (unpaired) electrons. The summed E-state index contributed by atoms with van der Waals surface area (Å²) in [6.07, 6.45) is 0. The van der Waals surface area contributed by atoms with Crippen LogP contribution in [0.2, 0.25) is 5.02 Å². The monoisotopic (exact) mass is 388 g/mol. The van der Waals surface area contributed by atoms with Crippen molar-refractivity contribution in [3.63, 3.8) is 0 Å². The van der Waals surface area contributed by atoms with E-state index in [0.717, 1.165) is 5.56 Å². The molecule has 4 nitrogen and oxygen atoms in total. The minimum Gasteiger partial charge on any atom is -0.345 e. The quantitative estimate of drug-likeness (QED) is 0.863. The van der Waals surface area contributed by atoms with Crippen LogP contribution in [-0.2, 0) is 10.3 Å². The number of hydrogen-bond acceptors (Lipinski definition) is 3. The second-order valence-corrected chi connectivity index (χ2v) is 8.21. The van der Waals surface area contributed by atoms with E-state index in [1.165, 1.54) is 0 Å². The molecule has 0 saturated carbocycles. The molecule has 0 unspecified atom stereocenters. The standard InChI is InChI=1S/C20H21ClN2O2S/c1-20(2,15-8-10-16(21)11-9-15)22-18(24)17-12-26-13-23(17)19(25)14-6-4-3-5-7-14/h3-11,17H,12-13H2,1-2H3,(H,22,24)/t17-/m0/s1. The summed E-state index contributed by atoms with van der Waals surface area (Å²) in [4.78, 5) is 27.3. The average Bonchev–Trinajstić information content (AvgIpc) is 3.12. The molecule has 0 aliphatic carbocycles. The van der Waals surface area contributed by atoms with E-state index in [1.54, 1.807) is 40.9 Å². The van der Waals surface area contributed by atoms with Crippen molar-refractivity contribution in [2.45, 2.75) is 25.4 Å². The Morgan fingerprint density at radius 3 is 2.42 bits per heavy atom. The van der Waals surface area contributed by atoms with E-state index in [-0.39, 0.29) is 11.8 Å². The number of halogens is 1. The molecule has 0 bridgehead atoms. The molecule has 6 heteroatoms. The van der Waals surface area contributed by atoms with Gasteiger partial charge >= 0.3 is 0 Å². The first-order valence-corrected chi connectivity index (χ1v) is 9.93. The fourth-order valence-electron chi connectivity index (χ4n) is 2.94. The van der Waals surface area contributed by atoms with Crippen LogP contribution in [0.15, 0.2) is 54.6 Å². The fraction of sp³-hybridized carbons (Fsp3) is 0.300. The third-order valence-electron chi connectivity index (χ3n) is 4.47. The summed E-state index contributed by atoms with van der Waals surface area (Å²) in [5.41, 5.74) is 1.00. The predicted molar refractivity (Wildman–Crippen MR) is 106 cm³/mol. The van der Waals surface area contributed by atoms with Gasteiger partial charge in [0.05, 0.1) is 11.4 Å². The van der Waals surface area contributed by atoms with Gasteiger partial charge in [-0.3, -0.25) is 9.59 Å². The van der Waals surface area contributed by atoms with E-state index in [9.17, 15) is 9.59 Å². The van der Waals surface area contributed by atoms with Crippen molar-refractivity contribution in [2.75, 3.05) is 11.6 Å². The van der Waals surface area contributed by atoms with E-state index in [0.29, 0.717) is 22.2 Å². The van der Waals surface area contributed by atoms with E-state index >= 15 is 0 Å². The first kappa shape index (κ1) is 18.8. The van der Waals surface area contributed by atoms with E-state index < -0.39 is 11.6 Å². The molecule has 0 aromatic heterocycles. The lowest BCUT2D eigenvalue weighted by atomic mass is 9.94. The Bertz CT molecular complexity index is 793. The molecule has 136 valence electrons. The maximum atomic E-state index is 12.9. The van der Waals surface area contributed by atoms with Crippen molar-refractivity contribution in [1.82, 2.24) is 10.2 Å². The van der Waals surface area contributed by atoms with Crippen molar-refractivity contribution < 1.29 is 9.59 Å². The molecule has 1 heterocycles. The molecule has 0 spiro atoms. The first-order chi connectivity index (χ1) is 12.4. The lowest BCUT2D eigenvalue weighted by Gasteiger charge is -2.31. The Hall–Kier alpha value is -1.98. The zero-order valence-electron chi connectivity index (χ0n) is 14.7. The summed E-state index contributed by atoms with van der Waals surface area (Å²) >= 11 is 7.54. The van der Waals surface area contributed by atoms with Gasteiger partial charge in [0, 0.05) is 16.3 Å². The van der Waals surface area contributed by atoms with Crippen LogP contribution < -0.4 is 5.32 Å². The predicted octanol–water partition coefficient (Wildman–Crippen LogP) is 3.91. The Morgan fingerprint density at radius 1 is 1.12 bits per heavy atom. The first-order valence-electron chi connectivity index (χ1n) is 8.40. The third kappa shape index (κ3) is 4.05. The zero-order valence-corrected chi connectivity index (χ0v) is 16.3. The molecule has 2 amide bonds. The van der Waals surface area contributed by atoms with Gasteiger partial charge < -0.3 is 10.2 Å². The Labute approximate surface area is 162 Å². The lowest BCUT2D eigenvalue weighted by Crippen LogP contribution is -2.52. The van der Waals surface area contributed by atoms with Crippen molar-refractivity contribution >= 4 is 35.2 Å². The number of thioether (sulfide) groups is 1. The number of carbonyl (C=O) groups excluding carboxylic acids is 2. The SMILES string of the molecule is CC(C)(NC(=O)[C@@H]1CSCN1C(=O)c1ccccc1)c1ccc(Cl)cc1. The molecule has 1 N–H and O–H groups in total. The molecule has 26 heavy (non-hydrogen) atoms. The highest BCUT2D eigenvalue weighted by molar-refractivity contribution is 7.99. The van der Waals surface area contributed by atoms with Gasteiger partial charge in [0.1, 0.15) is 6.04 Å². The van der Waals surface area contributed by atoms with Crippen LogP contribution in [0.5, 0.6) is 0 Å². The lowest BCUT2D eigenvalue weighted by molar-refractivity contribution is -0.126. The molecule has 1 saturated heterocycles. The van der Waals surface area contributed by atoms with Gasteiger partial charge in [-0.15, -0.1) is 11.8 Å². The van der Waals surface area contributed by atoms with E-state index in [4.69, 9.17) is 11.6 Å². The van der Waals surface area contributed by atoms with Gasteiger partial charge in [-0.25, -0.2) is 0 Å². The van der Waals surface area contributed by atoms with Crippen LogP contribution in [0.3, 0.4) is 0 Å². The minimum absolute atomic E-state index is 0.111. The molecule has 1 aliphatic heterocycles. The van der Waals surface area contributed by atoms with Gasteiger partial charge in [-0.1, -0.05) is 41.9 Å². The second kappa shape index (κ2) is 7.72. The van der Waals surface area contributed by atoms with Crippen LogP contribution in [0.1, 0.15) is 29.8 Å². The minimum atomic E-state index is -0.559. The van der Waals surface area contributed by atoms with E-state index in [1.807, 2.05) is 44.2 Å². The number of hydrogen-bond donors (Lipinski definition) is 1. The Morgan fingerprint density at radius 2 is 1.77 bits per heavy atom. The van der Waals surface area contributed by atoms with Crippen molar-refractivity contribution in [3.05, 3.63) is 70.7 Å². The highest BCUT2D eigenvalue weighted by Gasteiger charge is 2.37. The highest BCUT2D eigenvalue weighted by atomic mass is 35.5.